The maximum atomic E-state index is 6.01. The minimum Gasteiger partial charge on any atom is -0.329 e. The van der Waals surface area contributed by atoms with Gasteiger partial charge in [0, 0.05) is 18.6 Å². The van der Waals surface area contributed by atoms with Crippen LogP contribution in [0.25, 0.3) is 0 Å². The molecule has 0 bridgehead atoms. The van der Waals surface area contributed by atoms with Gasteiger partial charge in [-0.05, 0) is 44.1 Å². The molecule has 1 aliphatic heterocycles. The lowest BCUT2D eigenvalue weighted by Gasteiger charge is -2.47. The van der Waals surface area contributed by atoms with Crippen molar-refractivity contribution in [3.05, 3.63) is 0 Å². The van der Waals surface area contributed by atoms with Crippen LogP contribution in [0.3, 0.4) is 0 Å². The fraction of sp³-hybridized carbons (Fsp3) is 1.00. The maximum absolute atomic E-state index is 6.01. The van der Waals surface area contributed by atoms with Gasteiger partial charge in [-0.3, -0.25) is 4.90 Å². The van der Waals surface area contributed by atoms with Crippen LogP contribution in [0.5, 0.6) is 0 Å². The van der Waals surface area contributed by atoms with E-state index in [9.17, 15) is 0 Å². The van der Waals surface area contributed by atoms with Gasteiger partial charge in [0.25, 0.3) is 0 Å². The maximum Gasteiger partial charge on any atom is 0.0224 e. The average molecular weight is 238 g/mol. The van der Waals surface area contributed by atoms with E-state index in [1.165, 1.54) is 51.5 Å². The fourth-order valence-electron chi connectivity index (χ4n) is 4.04. The van der Waals surface area contributed by atoms with E-state index in [0.717, 1.165) is 24.4 Å². The van der Waals surface area contributed by atoms with Crippen molar-refractivity contribution in [3.63, 3.8) is 0 Å². The van der Waals surface area contributed by atoms with E-state index in [0.29, 0.717) is 6.04 Å². The zero-order chi connectivity index (χ0) is 12.3. The highest BCUT2D eigenvalue weighted by Crippen LogP contribution is 2.35. The lowest BCUT2D eigenvalue weighted by atomic mass is 9.79. The van der Waals surface area contributed by atoms with E-state index in [1.807, 2.05) is 0 Å². The van der Waals surface area contributed by atoms with Crippen molar-refractivity contribution in [3.8, 4) is 0 Å². The molecule has 2 N–H and O–H groups in total. The second-order valence-corrected chi connectivity index (χ2v) is 6.28. The van der Waals surface area contributed by atoms with E-state index in [4.69, 9.17) is 5.73 Å². The number of nitrogens with two attached hydrogens (primary N) is 1. The minimum absolute atomic E-state index is 0.663. The number of nitrogens with zero attached hydrogens (tertiary/aromatic N) is 1. The molecule has 2 rings (SSSR count). The van der Waals surface area contributed by atoms with Crippen LogP contribution < -0.4 is 5.73 Å². The van der Waals surface area contributed by atoms with Crippen molar-refractivity contribution < 1.29 is 0 Å². The molecule has 17 heavy (non-hydrogen) atoms. The number of piperidine rings is 1. The quantitative estimate of drug-likeness (QED) is 0.819. The monoisotopic (exact) mass is 238 g/mol. The third kappa shape index (κ3) is 3.03. The predicted molar refractivity (Wildman–Crippen MR) is 74.0 cm³/mol. The largest absolute Gasteiger partial charge is 0.329 e. The molecule has 100 valence electrons. The summed E-state index contributed by atoms with van der Waals surface area (Å²) >= 11 is 0. The fourth-order valence-corrected chi connectivity index (χ4v) is 4.04. The Morgan fingerprint density at radius 2 is 1.94 bits per heavy atom. The van der Waals surface area contributed by atoms with Crippen molar-refractivity contribution in [1.29, 1.82) is 0 Å². The summed E-state index contributed by atoms with van der Waals surface area (Å²) in [5, 5.41) is 0. The van der Waals surface area contributed by atoms with Gasteiger partial charge in [-0.15, -0.1) is 0 Å². The molecule has 2 heteroatoms. The molecule has 1 heterocycles. The molecule has 0 aromatic rings. The van der Waals surface area contributed by atoms with Crippen molar-refractivity contribution >= 4 is 0 Å². The van der Waals surface area contributed by atoms with Gasteiger partial charge in [-0.2, -0.15) is 0 Å². The molecule has 2 nitrogen and oxygen atoms in total. The molecule has 1 saturated carbocycles. The lowest BCUT2D eigenvalue weighted by Crippen LogP contribution is -2.54. The Labute approximate surface area is 107 Å². The molecule has 4 unspecified atom stereocenters. The Morgan fingerprint density at radius 1 is 1.18 bits per heavy atom. The van der Waals surface area contributed by atoms with Gasteiger partial charge < -0.3 is 5.73 Å². The van der Waals surface area contributed by atoms with Crippen LogP contribution in [-0.4, -0.2) is 30.1 Å². The second-order valence-electron chi connectivity index (χ2n) is 6.28. The molecule has 0 spiro atoms. The molecule has 0 aromatic carbocycles. The molecule has 2 fully saturated rings. The SMILES string of the molecule is CCC1CCCCC1N1CCC(C)CC1CN. The normalized spacial score (nSPS) is 40.4. The Morgan fingerprint density at radius 3 is 2.65 bits per heavy atom. The lowest BCUT2D eigenvalue weighted by molar-refractivity contribution is 0.0261. The molecule has 4 atom stereocenters. The minimum atomic E-state index is 0.663. The average Bonchev–Trinajstić information content (AvgIpc) is 2.38. The first kappa shape index (κ1) is 13.4. The second kappa shape index (κ2) is 6.19. The van der Waals surface area contributed by atoms with Gasteiger partial charge in [0.15, 0.2) is 0 Å². The van der Waals surface area contributed by atoms with E-state index in [2.05, 4.69) is 18.7 Å². The standard InChI is InChI=1S/C15H30N2/c1-3-13-6-4-5-7-15(13)17-9-8-12(2)10-14(17)11-16/h12-15H,3-11,16H2,1-2H3. The Kier molecular flexibility index (Phi) is 4.87. The number of rotatable bonds is 3. The molecule has 0 radical (unpaired) electrons. The van der Waals surface area contributed by atoms with Crippen LogP contribution in [0.4, 0.5) is 0 Å². The number of hydrogen-bond donors (Lipinski definition) is 1. The molecule has 1 saturated heterocycles. The first-order valence-electron chi connectivity index (χ1n) is 7.72. The van der Waals surface area contributed by atoms with Gasteiger partial charge in [-0.1, -0.05) is 33.1 Å². The molecule has 0 amide bonds. The van der Waals surface area contributed by atoms with Crippen LogP contribution in [0, 0.1) is 11.8 Å². The highest BCUT2D eigenvalue weighted by Gasteiger charge is 2.35. The van der Waals surface area contributed by atoms with Crippen LogP contribution in [0.15, 0.2) is 0 Å². The van der Waals surface area contributed by atoms with Crippen LogP contribution in [0.1, 0.15) is 58.8 Å². The Hall–Kier alpha value is -0.0800. The van der Waals surface area contributed by atoms with Crippen molar-refractivity contribution in [2.45, 2.75) is 70.9 Å². The summed E-state index contributed by atoms with van der Waals surface area (Å²) in [6.07, 6.45) is 9.81. The summed E-state index contributed by atoms with van der Waals surface area (Å²) in [6.45, 7) is 6.91. The highest BCUT2D eigenvalue weighted by molar-refractivity contribution is 4.90. The summed E-state index contributed by atoms with van der Waals surface area (Å²) in [6, 6.07) is 1.51. The summed E-state index contributed by atoms with van der Waals surface area (Å²) in [5.41, 5.74) is 6.01. The number of likely N-dealkylation sites (tertiary alicyclic amines) is 1. The van der Waals surface area contributed by atoms with Crippen LogP contribution in [-0.2, 0) is 0 Å². The third-order valence-corrected chi connectivity index (χ3v) is 5.11. The Bertz CT molecular complexity index is 229. The smallest absolute Gasteiger partial charge is 0.0224 e. The van der Waals surface area contributed by atoms with Crippen molar-refractivity contribution in [2.75, 3.05) is 13.1 Å². The van der Waals surface area contributed by atoms with Gasteiger partial charge in [-0.25, -0.2) is 0 Å². The molecule has 0 aromatic heterocycles. The van der Waals surface area contributed by atoms with E-state index in [1.54, 1.807) is 0 Å². The Balaban J connectivity index is 2.02. The molecule has 2 aliphatic rings. The van der Waals surface area contributed by atoms with Gasteiger partial charge in [0.1, 0.15) is 0 Å². The zero-order valence-corrected chi connectivity index (χ0v) is 11.7. The third-order valence-electron chi connectivity index (χ3n) is 5.11. The van der Waals surface area contributed by atoms with E-state index < -0.39 is 0 Å². The summed E-state index contributed by atoms with van der Waals surface area (Å²) < 4.78 is 0. The molecular weight excluding hydrogens is 208 g/mol. The summed E-state index contributed by atoms with van der Waals surface area (Å²) in [7, 11) is 0. The topological polar surface area (TPSA) is 29.3 Å². The summed E-state index contributed by atoms with van der Waals surface area (Å²) in [4.78, 5) is 2.79. The predicted octanol–water partition coefficient (Wildman–Crippen LogP) is 3.01. The van der Waals surface area contributed by atoms with Gasteiger partial charge in [0.2, 0.25) is 0 Å². The van der Waals surface area contributed by atoms with Gasteiger partial charge in [0.05, 0.1) is 0 Å². The first-order chi connectivity index (χ1) is 8.26. The molecule has 1 aliphatic carbocycles. The molecular formula is C15H30N2. The van der Waals surface area contributed by atoms with Crippen LogP contribution >= 0.6 is 0 Å². The van der Waals surface area contributed by atoms with Crippen molar-refractivity contribution in [1.82, 2.24) is 4.90 Å². The van der Waals surface area contributed by atoms with Gasteiger partial charge >= 0.3 is 0 Å². The van der Waals surface area contributed by atoms with E-state index >= 15 is 0 Å². The van der Waals surface area contributed by atoms with Crippen molar-refractivity contribution in [2.24, 2.45) is 17.6 Å². The van der Waals surface area contributed by atoms with E-state index in [-0.39, 0.29) is 0 Å². The number of hydrogen-bond acceptors (Lipinski definition) is 2. The summed E-state index contributed by atoms with van der Waals surface area (Å²) in [5.74, 6) is 1.81. The van der Waals surface area contributed by atoms with Crippen LogP contribution in [0.2, 0.25) is 0 Å². The first-order valence-corrected chi connectivity index (χ1v) is 7.72. The zero-order valence-electron chi connectivity index (χ0n) is 11.7. The highest BCUT2D eigenvalue weighted by atomic mass is 15.2.